The third-order valence-electron chi connectivity index (χ3n) is 2.59. The molecule has 15 heavy (non-hydrogen) atoms. The first-order valence-electron chi connectivity index (χ1n) is 5.02. The summed E-state index contributed by atoms with van der Waals surface area (Å²) in [4.78, 5) is 10.8. The molecule has 1 atom stereocenters. The Hall–Kier alpha value is -1.35. The zero-order valence-corrected chi connectivity index (χ0v) is 8.95. The zero-order valence-electron chi connectivity index (χ0n) is 8.95. The predicted molar refractivity (Wildman–Crippen MR) is 56.5 cm³/mol. The van der Waals surface area contributed by atoms with Gasteiger partial charge in [0.05, 0.1) is 6.61 Å². The molecule has 3 heteroatoms. The molecule has 2 rings (SSSR count). The molecular formula is C12H14O3. The van der Waals surface area contributed by atoms with E-state index < -0.39 is 0 Å². The summed E-state index contributed by atoms with van der Waals surface area (Å²) in [6.45, 7) is 5.24. The summed E-state index contributed by atoms with van der Waals surface area (Å²) >= 11 is 0. The first-order chi connectivity index (χ1) is 7.22. The largest absolute Gasteiger partial charge is 0.490 e. The fraction of sp³-hybridized carbons (Fsp3) is 0.417. The molecule has 1 aliphatic rings. The van der Waals surface area contributed by atoms with Crippen LogP contribution in [-0.4, -0.2) is 25.6 Å². The highest BCUT2D eigenvalue weighted by atomic mass is 16.6. The lowest BCUT2D eigenvalue weighted by molar-refractivity contribution is 0.112. The molecule has 1 aromatic rings. The number of carbonyl (C=O) groups is 1. The molecule has 3 nitrogen and oxygen atoms in total. The third kappa shape index (κ3) is 2.18. The van der Waals surface area contributed by atoms with Crippen LogP contribution in [0.5, 0.6) is 5.75 Å². The Balaban J connectivity index is 2.21. The van der Waals surface area contributed by atoms with E-state index in [-0.39, 0.29) is 6.10 Å². The average molecular weight is 206 g/mol. The molecule has 1 aliphatic heterocycles. The average Bonchev–Trinajstić information content (AvgIpc) is 3.02. The van der Waals surface area contributed by atoms with E-state index in [2.05, 4.69) is 0 Å². The topological polar surface area (TPSA) is 38.8 Å². The minimum atomic E-state index is 0.240. The maximum absolute atomic E-state index is 10.8. The quantitative estimate of drug-likeness (QED) is 0.558. The van der Waals surface area contributed by atoms with Crippen LogP contribution in [0.4, 0.5) is 0 Å². The number of carbonyl (C=O) groups excluding carboxylic acids is 1. The van der Waals surface area contributed by atoms with Gasteiger partial charge in [0, 0.05) is 11.1 Å². The normalized spacial score (nSPS) is 18.7. The van der Waals surface area contributed by atoms with Crippen molar-refractivity contribution in [1.82, 2.24) is 0 Å². The second-order valence-electron chi connectivity index (χ2n) is 3.81. The second-order valence-corrected chi connectivity index (χ2v) is 3.81. The molecule has 0 radical (unpaired) electrons. The lowest BCUT2D eigenvalue weighted by Crippen LogP contribution is -2.07. The van der Waals surface area contributed by atoms with Crippen molar-refractivity contribution in [3.63, 3.8) is 0 Å². The fourth-order valence-corrected chi connectivity index (χ4v) is 1.53. The highest BCUT2D eigenvalue weighted by Gasteiger charge is 2.23. The number of hydrogen-bond donors (Lipinski definition) is 0. The van der Waals surface area contributed by atoms with E-state index >= 15 is 0 Å². The van der Waals surface area contributed by atoms with E-state index in [0.717, 1.165) is 29.8 Å². The minimum absolute atomic E-state index is 0.240. The Labute approximate surface area is 89.0 Å². The van der Waals surface area contributed by atoms with Crippen LogP contribution < -0.4 is 4.74 Å². The third-order valence-corrected chi connectivity index (χ3v) is 2.59. The summed E-state index contributed by atoms with van der Waals surface area (Å²) < 4.78 is 10.7. The van der Waals surface area contributed by atoms with Crippen LogP contribution in [0.15, 0.2) is 12.1 Å². The van der Waals surface area contributed by atoms with E-state index in [0.29, 0.717) is 12.2 Å². The van der Waals surface area contributed by atoms with Crippen LogP contribution in [0, 0.1) is 13.8 Å². The number of benzene rings is 1. The molecule has 80 valence electrons. The van der Waals surface area contributed by atoms with Crippen LogP contribution in [-0.2, 0) is 4.74 Å². The Morgan fingerprint density at radius 3 is 2.87 bits per heavy atom. The second kappa shape index (κ2) is 4.03. The van der Waals surface area contributed by atoms with Crippen molar-refractivity contribution in [1.29, 1.82) is 0 Å². The van der Waals surface area contributed by atoms with Crippen LogP contribution in [0.2, 0.25) is 0 Å². The van der Waals surface area contributed by atoms with Crippen LogP contribution >= 0.6 is 0 Å². The van der Waals surface area contributed by atoms with Gasteiger partial charge in [-0.15, -0.1) is 0 Å². The van der Waals surface area contributed by atoms with Gasteiger partial charge in [-0.1, -0.05) is 12.1 Å². The number of rotatable bonds is 4. The van der Waals surface area contributed by atoms with Crippen molar-refractivity contribution in [3.05, 3.63) is 28.8 Å². The first-order valence-corrected chi connectivity index (χ1v) is 5.02. The maximum Gasteiger partial charge on any atom is 0.150 e. The highest BCUT2D eigenvalue weighted by molar-refractivity contribution is 5.79. The van der Waals surface area contributed by atoms with Gasteiger partial charge in [-0.2, -0.15) is 0 Å². The van der Waals surface area contributed by atoms with Crippen molar-refractivity contribution in [2.24, 2.45) is 0 Å². The number of hydrogen-bond acceptors (Lipinski definition) is 3. The molecule has 0 bridgehead atoms. The summed E-state index contributed by atoms with van der Waals surface area (Å²) in [7, 11) is 0. The molecule has 0 aromatic heterocycles. The summed E-state index contributed by atoms with van der Waals surface area (Å²) in [6.07, 6.45) is 1.10. The molecular weight excluding hydrogens is 192 g/mol. The lowest BCUT2D eigenvalue weighted by atomic mass is 10.1. The molecule has 1 unspecified atom stereocenters. The number of aryl methyl sites for hydroxylation is 1. The summed E-state index contributed by atoms with van der Waals surface area (Å²) in [5.41, 5.74) is 2.65. The molecule has 0 saturated carbocycles. The van der Waals surface area contributed by atoms with E-state index in [9.17, 15) is 4.79 Å². The molecule has 0 spiro atoms. The molecule has 0 amide bonds. The summed E-state index contributed by atoms with van der Waals surface area (Å²) in [5.74, 6) is 0.815. The van der Waals surface area contributed by atoms with Gasteiger partial charge in [0.25, 0.3) is 0 Å². The van der Waals surface area contributed by atoms with Crippen LogP contribution in [0.1, 0.15) is 21.5 Å². The predicted octanol–water partition coefficient (Wildman–Crippen LogP) is 1.89. The monoisotopic (exact) mass is 206 g/mol. The van der Waals surface area contributed by atoms with Gasteiger partial charge in [-0.25, -0.2) is 0 Å². The van der Waals surface area contributed by atoms with E-state index in [1.807, 2.05) is 26.0 Å². The van der Waals surface area contributed by atoms with Gasteiger partial charge in [0.1, 0.15) is 24.7 Å². The number of aldehydes is 1. The highest BCUT2D eigenvalue weighted by Crippen LogP contribution is 2.26. The zero-order chi connectivity index (χ0) is 10.8. The van der Waals surface area contributed by atoms with Crippen molar-refractivity contribution in [2.45, 2.75) is 20.0 Å². The Kier molecular flexibility index (Phi) is 2.73. The molecule has 1 fully saturated rings. The van der Waals surface area contributed by atoms with E-state index in [4.69, 9.17) is 9.47 Å². The summed E-state index contributed by atoms with van der Waals surface area (Å²) in [6, 6.07) is 3.72. The molecule has 1 heterocycles. The van der Waals surface area contributed by atoms with Gasteiger partial charge in [-0.05, 0) is 19.4 Å². The minimum Gasteiger partial charge on any atom is -0.490 e. The van der Waals surface area contributed by atoms with Crippen LogP contribution in [0.3, 0.4) is 0 Å². The van der Waals surface area contributed by atoms with Gasteiger partial charge < -0.3 is 9.47 Å². The smallest absolute Gasteiger partial charge is 0.150 e. The fourth-order valence-electron chi connectivity index (χ4n) is 1.53. The van der Waals surface area contributed by atoms with Crippen LogP contribution in [0.25, 0.3) is 0 Å². The number of ether oxygens (including phenoxy) is 2. The molecule has 1 aromatic carbocycles. The van der Waals surface area contributed by atoms with Crippen molar-refractivity contribution >= 4 is 6.29 Å². The molecule has 0 aliphatic carbocycles. The van der Waals surface area contributed by atoms with E-state index in [1.54, 1.807) is 0 Å². The van der Waals surface area contributed by atoms with Gasteiger partial charge in [-0.3, -0.25) is 4.79 Å². The van der Waals surface area contributed by atoms with Gasteiger partial charge in [0.2, 0.25) is 0 Å². The van der Waals surface area contributed by atoms with Crippen molar-refractivity contribution in [2.75, 3.05) is 13.2 Å². The van der Waals surface area contributed by atoms with E-state index in [1.165, 1.54) is 0 Å². The van der Waals surface area contributed by atoms with Gasteiger partial charge >= 0.3 is 0 Å². The summed E-state index contributed by atoms with van der Waals surface area (Å²) in [5, 5.41) is 0. The van der Waals surface area contributed by atoms with Crippen molar-refractivity contribution in [3.8, 4) is 5.75 Å². The Morgan fingerprint density at radius 2 is 2.27 bits per heavy atom. The van der Waals surface area contributed by atoms with Gasteiger partial charge in [0.15, 0.2) is 0 Å². The molecule has 0 N–H and O–H groups in total. The Bertz CT molecular complexity index is 381. The first kappa shape index (κ1) is 10.2. The standard InChI is InChI=1S/C12H14O3/c1-8-3-4-10(5-13)9(2)12(8)15-7-11-6-14-11/h3-5,11H,6-7H2,1-2H3. The Morgan fingerprint density at radius 1 is 1.53 bits per heavy atom. The SMILES string of the molecule is Cc1ccc(C=O)c(C)c1OCC1CO1. The maximum atomic E-state index is 10.8. The van der Waals surface area contributed by atoms with Crippen molar-refractivity contribution < 1.29 is 14.3 Å². The lowest BCUT2D eigenvalue weighted by Gasteiger charge is -2.12. The number of epoxide rings is 1. The molecule has 1 saturated heterocycles.